The van der Waals surface area contributed by atoms with Gasteiger partial charge < -0.3 is 15.2 Å². The minimum absolute atomic E-state index is 0.0133. The number of benzene rings is 2. The molecule has 2 aromatic carbocycles. The van der Waals surface area contributed by atoms with E-state index < -0.39 is 17.8 Å². The second kappa shape index (κ2) is 6.82. The molecule has 26 heavy (non-hydrogen) atoms. The first-order valence-electron chi connectivity index (χ1n) is 7.43. The van der Waals surface area contributed by atoms with E-state index in [1.807, 2.05) is 0 Å². The molecule has 132 valence electrons. The van der Waals surface area contributed by atoms with Gasteiger partial charge in [-0.3, -0.25) is 9.59 Å². The van der Waals surface area contributed by atoms with Crippen LogP contribution in [0.1, 0.15) is 15.9 Å². The van der Waals surface area contributed by atoms with E-state index in [2.05, 4.69) is 5.32 Å². The zero-order valence-electron chi connectivity index (χ0n) is 13.4. The lowest BCUT2D eigenvalue weighted by Gasteiger charge is -2.18. The van der Waals surface area contributed by atoms with E-state index in [4.69, 9.17) is 23.2 Å². The maximum atomic E-state index is 12.7. The molecule has 0 fully saturated rings. The molecule has 1 N–H and O–H groups in total. The second-order valence-corrected chi connectivity index (χ2v) is 6.29. The van der Waals surface area contributed by atoms with Crippen molar-refractivity contribution in [1.29, 1.82) is 0 Å². The summed E-state index contributed by atoms with van der Waals surface area (Å²) >= 11 is 12.1. The van der Waals surface area contributed by atoms with E-state index in [1.165, 1.54) is 24.3 Å². The summed E-state index contributed by atoms with van der Waals surface area (Å²) in [5.41, 5.74) is 1.20. The van der Waals surface area contributed by atoms with Crippen LogP contribution in [-0.2, 0) is 9.59 Å². The van der Waals surface area contributed by atoms with Crippen molar-refractivity contribution in [3.8, 4) is 0 Å². The molecule has 0 radical (unpaired) electrons. The van der Waals surface area contributed by atoms with E-state index >= 15 is 0 Å². The van der Waals surface area contributed by atoms with Crippen LogP contribution in [0.4, 0.5) is 11.4 Å². The highest BCUT2D eigenvalue weighted by Gasteiger charge is 2.39. The Bertz CT molecular complexity index is 968. The van der Waals surface area contributed by atoms with E-state index in [0.29, 0.717) is 22.0 Å². The predicted octanol–water partition coefficient (Wildman–Crippen LogP) is 2.45. The van der Waals surface area contributed by atoms with Crippen molar-refractivity contribution < 1.29 is 19.5 Å². The lowest BCUT2D eigenvalue weighted by atomic mass is 10.2. The summed E-state index contributed by atoms with van der Waals surface area (Å²) < 4.78 is 0. The summed E-state index contributed by atoms with van der Waals surface area (Å²) in [6, 6.07) is 10.4. The van der Waals surface area contributed by atoms with Gasteiger partial charge in [-0.1, -0.05) is 41.4 Å². The Labute approximate surface area is 158 Å². The first-order valence-corrected chi connectivity index (χ1v) is 8.19. The number of hydrogen-bond acceptors (Lipinski definition) is 5. The molecule has 8 heteroatoms. The van der Waals surface area contributed by atoms with Crippen molar-refractivity contribution in [2.45, 2.75) is 6.92 Å². The summed E-state index contributed by atoms with van der Waals surface area (Å²) in [6.45, 7) is 1.69. The highest BCUT2D eigenvalue weighted by molar-refractivity contribution is 6.53. The minimum atomic E-state index is -1.32. The third-order valence-electron chi connectivity index (χ3n) is 3.90. The summed E-state index contributed by atoms with van der Waals surface area (Å²) in [5, 5.41) is 13.7. The van der Waals surface area contributed by atoms with Gasteiger partial charge in [0.1, 0.15) is 10.7 Å². The zero-order valence-corrected chi connectivity index (χ0v) is 14.9. The number of hydrogen-bond donors (Lipinski definition) is 1. The molecule has 0 aromatic heterocycles. The lowest BCUT2D eigenvalue weighted by molar-refractivity contribution is -0.255. The SMILES string of the molecule is Cc1c(Cl)cccc1N1C(=O)C(Cl)=C(Nc2ccc(C(=O)[O-])cc2)C1=O. The number of rotatable bonds is 4. The first kappa shape index (κ1) is 18.0. The van der Waals surface area contributed by atoms with Gasteiger partial charge >= 0.3 is 0 Å². The normalized spacial score (nSPS) is 14.2. The molecule has 2 aromatic rings. The molecule has 0 aliphatic carbocycles. The molecule has 0 unspecified atom stereocenters. The van der Waals surface area contributed by atoms with E-state index in [1.54, 1.807) is 25.1 Å². The highest BCUT2D eigenvalue weighted by atomic mass is 35.5. The fraction of sp³-hybridized carbons (Fsp3) is 0.0556. The molecule has 0 atom stereocenters. The number of amides is 2. The second-order valence-electron chi connectivity index (χ2n) is 5.51. The molecule has 0 spiro atoms. The predicted molar refractivity (Wildman–Crippen MR) is 96.0 cm³/mol. The number of anilines is 2. The first-order chi connectivity index (χ1) is 12.3. The Hall–Kier alpha value is -2.83. The Morgan fingerprint density at radius 1 is 1.04 bits per heavy atom. The number of nitrogens with zero attached hydrogens (tertiary/aromatic N) is 1. The number of carboxylic acids is 1. The molecule has 1 aliphatic heterocycles. The summed E-state index contributed by atoms with van der Waals surface area (Å²) in [4.78, 5) is 36.9. The molecule has 1 aliphatic rings. The topological polar surface area (TPSA) is 89.5 Å². The Kier molecular flexibility index (Phi) is 4.71. The van der Waals surface area contributed by atoms with Gasteiger partial charge in [-0.25, -0.2) is 4.90 Å². The Morgan fingerprint density at radius 3 is 2.31 bits per heavy atom. The van der Waals surface area contributed by atoms with Gasteiger partial charge in [0.25, 0.3) is 11.8 Å². The molecule has 0 bridgehead atoms. The van der Waals surface area contributed by atoms with Crippen LogP contribution in [0.15, 0.2) is 53.2 Å². The monoisotopic (exact) mass is 389 g/mol. The van der Waals surface area contributed by atoms with Crippen molar-refractivity contribution in [3.63, 3.8) is 0 Å². The zero-order chi connectivity index (χ0) is 19.0. The molecule has 2 amide bonds. The molecular formula is C18H11Cl2N2O4-. The molecule has 3 rings (SSSR count). The number of nitrogens with one attached hydrogen (secondary N) is 1. The quantitative estimate of drug-likeness (QED) is 0.811. The summed E-state index contributed by atoms with van der Waals surface area (Å²) in [5.74, 6) is -2.62. The third-order valence-corrected chi connectivity index (χ3v) is 4.66. The van der Waals surface area contributed by atoms with Crippen LogP contribution in [0.5, 0.6) is 0 Å². The van der Waals surface area contributed by atoms with Gasteiger partial charge in [0.15, 0.2) is 0 Å². The van der Waals surface area contributed by atoms with Gasteiger partial charge in [0.05, 0.1) is 11.7 Å². The van der Waals surface area contributed by atoms with Crippen molar-refractivity contribution in [1.82, 2.24) is 0 Å². The summed E-state index contributed by atoms with van der Waals surface area (Å²) in [6.07, 6.45) is 0. The van der Waals surface area contributed by atoms with Crippen molar-refractivity contribution in [3.05, 3.63) is 69.3 Å². The van der Waals surface area contributed by atoms with Crippen molar-refractivity contribution >= 4 is 52.4 Å². The van der Waals surface area contributed by atoms with E-state index in [0.717, 1.165) is 4.90 Å². The van der Waals surface area contributed by atoms with Crippen LogP contribution in [-0.4, -0.2) is 17.8 Å². The van der Waals surface area contributed by atoms with Crippen LogP contribution < -0.4 is 15.3 Å². The van der Waals surface area contributed by atoms with Gasteiger partial charge in [0.2, 0.25) is 0 Å². The Morgan fingerprint density at radius 2 is 1.69 bits per heavy atom. The maximum absolute atomic E-state index is 12.7. The standard InChI is InChI=1S/C18H12Cl2N2O4/c1-9-12(19)3-2-4-13(9)22-16(23)14(20)15(17(22)24)21-11-7-5-10(6-8-11)18(25)26/h2-8,21H,1H3,(H,25,26)/p-1. The van der Waals surface area contributed by atoms with Gasteiger partial charge in [-0.15, -0.1) is 0 Å². The highest BCUT2D eigenvalue weighted by Crippen LogP contribution is 2.34. The van der Waals surface area contributed by atoms with Crippen molar-refractivity contribution in [2.75, 3.05) is 10.2 Å². The largest absolute Gasteiger partial charge is 0.545 e. The molecule has 6 nitrogen and oxygen atoms in total. The molecule has 1 heterocycles. The molecule has 0 saturated heterocycles. The fourth-order valence-electron chi connectivity index (χ4n) is 2.50. The average molecular weight is 390 g/mol. The summed E-state index contributed by atoms with van der Waals surface area (Å²) in [7, 11) is 0. The van der Waals surface area contributed by atoms with Gasteiger partial charge in [-0.05, 0) is 42.3 Å². The lowest BCUT2D eigenvalue weighted by Crippen LogP contribution is -2.32. The van der Waals surface area contributed by atoms with Crippen LogP contribution in [0.25, 0.3) is 0 Å². The van der Waals surface area contributed by atoms with Crippen molar-refractivity contribution in [2.24, 2.45) is 0 Å². The average Bonchev–Trinajstić information content (AvgIpc) is 2.82. The fourth-order valence-corrected chi connectivity index (χ4v) is 2.88. The minimum Gasteiger partial charge on any atom is -0.545 e. The number of carbonyl (C=O) groups is 3. The molecule has 0 saturated carbocycles. The molecular weight excluding hydrogens is 379 g/mol. The number of carboxylic acid groups (broad SMARTS) is 1. The van der Waals surface area contributed by atoms with E-state index in [-0.39, 0.29) is 16.3 Å². The maximum Gasteiger partial charge on any atom is 0.283 e. The number of halogens is 2. The number of aromatic carboxylic acids is 1. The smallest absolute Gasteiger partial charge is 0.283 e. The van der Waals surface area contributed by atoms with Gasteiger partial charge in [0, 0.05) is 10.7 Å². The number of carbonyl (C=O) groups excluding carboxylic acids is 3. The van der Waals surface area contributed by atoms with Crippen LogP contribution in [0.2, 0.25) is 5.02 Å². The van der Waals surface area contributed by atoms with E-state index in [9.17, 15) is 19.5 Å². The van der Waals surface area contributed by atoms with Crippen LogP contribution in [0, 0.1) is 6.92 Å². The third kappa shape index (κ3) is 3.05. The van der Waals surface area contributed by atoms with Crippen LogP contribution >= 0.6 is 23.2 Å². The Balaban J connectivity index is 1.91. The van der Waals surface area contributed by atoms with Gasteiger partial charge in [-0.2, -0.15) is 0 Å². The van der Waals surface area contributed by atoms with Crippen LogP contribution in [0.3, 0.4) is 0 Å². The number of imide groups is 1.